The molecule has 4 nitrogen and oxygen atoms in total. The van der Waals surface area contributed by atoms with Gasteiger partial charge in [-0.25, -0.2) is 8.78 Å². The molecule has 0 saturated carbocycles. The largest absolute Gasteiger partial charge is 0.292 e. The second kappa shape index (κ2) is 6.07. The van der Waals surface area contributed by atoms with Gasteiger partial charge >= 0.3 is 0 Å². The van der Waals surface area contributed by atoms with Crippen LogP contribution in [0.4, 0.5) is 8.78 Å². The molecule has 2 unspecified atom stereocenters. The highest BCUT2D eigenvalue weighted by Gasteiger charge is 2.50. The van der Waals surface area contributed by atoms with Crippen molar-refractivity contribution in [2.24, 2.45) is 0 Å². The van der Waals surface area contributed by atoms with E-state index >= 15 is 0 Å². The Morgan fingerprint density at radius 3 is 2.64 bits per heavy atom. The minimum absolute atomic E-state index is 0.0175. The Kier molecular flexibility index (Phi) is 4.31. The Labute approximate surface area is 132 Å². The van der Waals surface area contributed by atoms with Gasteiger partial charge in [0.15, 0.2) is 0 Å². The third-order valence-electron chi connectivity index (χ3n) is 4.54. The number of pyridine rings is 1. The summed E-state index contributed by atoms with van der Waals surface area (Å²) in [5.41, 5.74) is 0.127. The molecule has 0 amide bonds. The Morgan fingerprint density at radius 1 is 1.41 bits per heavy atom. The van der Waals surface area contributed by atoms with Gasteiger partial charge in [0.25, 0.3) is 6.43 Å². The molecular weight excluding hydrogens is 312 g/mol. The summed E-state index contributed by atoms with van der Waals surface area (Å²) in [6, 6.07) is 4.15. The van der Waals surface area contributed by atoms with Crippen LogP contribution in [-0.2, 0) is 10.3 Å². The van der Waals surface area contributed by atoms with E-state index in [-0.39, 0.29) is 12.1 Å². The van der Waals surface area contributed by atoms with Crippen LogP contribution in [0.2, 0.25) is 5.02 Å². The van der Waals surface area contributed by atoms with E-state index < -0.39 is 18.4 Å². The number of piperidine rings is 1. The van der Waals surface area contributed by atoms with E-state index in [1.807, 2.05) is 0 Å². The quantitative estimate of drug-likeness (QED) is 0.851. The molecule has 0 aliphatic carbocycles. The van der Waals surface area contributed by atoms with Crippen LogP contribution in [0, 0.1) is 11.3 Å². The second-order valence-corrected chi connectivity index (χ2v) is 6.36. The van der Waals surface area contributed by atoms with Gasteiger partial charge in [-0.3, -0.25) is 9.82 Å². The fourth-order valence-corrected chi connectivity index (χ4v) is 3.80. The van der Waals surface area contributed by atoms with Crippen LogP contribution in [0.1, 0.15) is 31.2 Å². The SMILES string of the molecule is N#CC1(c2cncc(Cl)c2)CC2CCC(C1)N2OCC(F)F. The molecule has 2 fully saturated rings. The van der Waals surface area contributed by atoms with Gasteiger partial charge in [-0.1, -0.05) is 11.6 Å². The molecular formula is C15H16ClF2N3O. The van der Waals surface area contributed by atoms with Crippen molar-refractivity contribution in [3.63, 3.8) is 0 Å². The first-order valence-corrected chi connectivity index (χ1v) is 7.63. The number of nitrogens with zero attached hydrogens (tertiary/aromatic N) is 3. The number of nitriles is 1. The van der Waals surface area contributed by atoms with Crippen LogP contribution in [0.15, 0.2) is 18.5 Å². The van der Waals surface area contributed by atoms with Crippen molar-refractivity contribution in [2.75, 3.05) is 6.61 Å². The maximum absolute atomic E-state index is 12.4. The molecule has 2 saturated heterocycles. The lowest BCUT2D eigenvalue weighted by Gasteiger charge is -2.42. The molecule has 2 bridgehead atoms. The number of alkyl halides is 2. The molecule has 0 radical (unpaired) electrons. The van der Waals surface area contributed by atoms with Crippen molar-refractivity contribution in [2.45, 2.75) is 49.6 Å². The van der Waals surface area contributed by atoms with Gasteiger partial charge < -0.3 is 0 Å². The van der Waals surface area contributed by atoms with Gasteiger partial charge in [-0.05, 0) is 37.3 Å². The van der Waals surface area contributed by atoms with Crippen molar-refractivity contribution in [3.8, 4) is 6.07 Å². The van der Waals surface area contributed by atoms with E-state index in [2.05, 4.69) is 11.1 Å². The van der Waals surface area contributed by atoms with Gasteiger partial charge in [-0.2, -0.15) is 10.3 Å². The highest BCUT2D eigenvalue weighted by atomic mass is 35.5. The Hall–Kier alpha value is -1.29. The zero-order chi connectivity index (χ0) is 15.7. The van der Waals surface area contributed by atoms with E-state index in [1.54, 1.807) is 17.3 Å². The van der Waals surface area contributed by atoms with E-state index in [1.165, 1.54) is 6.20 Å². The molecule has 3 rings (SSSR count). The molecule has 0 N–H and O–H groups in total. The molecule has 0 spiro atoms. The minimum Gasteiger partial charge on any atom is -0.292 e. The number of hydrogen-bond acceptors (Lipinski definition) is 4. The molecule has 118 valence electrons. The smallest absolute Gasteiger partial charge is 0.263 e. The first-order valence-electron chi connectivity index (χ1n) is 7.26. The molecule has 2 atom stereocenters. The van der Waals surface area contributed by atoms with Crippen LogP contribution in [0.5, 0.6) is 0 Å². The van der Waals surface area contributed by atoms with Crippen LogP contribution >= 0.6 is 11.6 Å². The minimum atomic E-state index is -2.49. The summed E-state index contributed by atoms with van der Waals surface area (Å²) in [4.78, 5) is 9.34. The lowest BCUT2D eigenvalue weighted by Crippen LogP contribution is -2.49. The summed E-state index contributed by atoms with van der Waals surface area (Å²) in [6.07, 6.45) is 3.52. The fraction of sp³-hybridized carbons (Fsp3) is 0.600. The molecule has 3 heterocycles. The molecule has 22 heavy (non-hydrogen) atoms. The standard InChI is InChI=1S/C15H16ClF2N3O/c16-11-3-10(6-20-7-11)15(9-19)4-12-1-2-13(5-15)21(12)22-8-14(17)18/h3,6-7,12-14H,1-2,4-5,8H2. The van der Waals surface area contributed by atoms with Crippen LogP contribution < -0.4 is 0 Å². The van der Waals surface area contributed by atoms with Crippen molar-refractivity contribution in [1.29, 1.82) is 5.26 Å². The summed E-state index contributed by atoms with van der Waals surface area (Å²) < 4.78 is 24.7. The van der Waals surface area contributed by atoms with E-state index in [9.17, 15) is 14.0 Å². The summed E-state index contributed by atoms with van der Waals surface area (Å²) in [7, 11) is 0. The summed E-state index contributed by atoms with van der Waals surface area (Å²) in [5.74, 6) is 0. The maximum Gasteiger partial charge on any atom is 0.263 e. The van der Waals surface area contributed by atoms with Gasteiger partial charge in [0.1, 0.15) is 6.61 Å². The first kappa shape index (κ1) is 15.6. The zero-order valence-corrected chi connectivity index (χ0v) is 12.6. The molecule has 7 heteroatoms. The van der Waals surface area contributed by atoms with Crippen LogP contribution in [0.3, 0.4) is 0 Å². The average Bonchev–Trinajstić information content (AvgIpc) is 2.74. The van der Waals surface area contributed by atoms with Crippen molar-refractivity contribution >= 4 is 11.6 Å². The van der Waals surface area contributed by atoms with Crippen LogP contribution in [0.25, 0.3) is 0 Å². The fourth-order valence-electron chi connectivity index (χ4n) is 3.63. The zero-order valence-electron chi connectivity index (χ0n) is 11.9. The number of rotatable bonds is 4. The normalized spacial score (nSPS) is 31.4. The summed E-state index contributed by atoms with van der Waals surface area (Å²) in [6.45, 7) is -0.592. The molecule has 1 aromatic heterocycles. The number of halogens is 3. The summed E-state index contributed by atoms with van der Waals surface area (Å²) in [5, 5.41) is 11.9. The third-order valence-corrected chi connectivity index (χ3v) is 4.75. The van der Waals surface area contributed by atoms with Crippen molar-refractivity contribution < 1.29 is 13.6 Å². The number of aromatic nitrogens is 1. The topological polar surface area (TPSA) is 49.2 Å². The summed E-state index contributed by atoms with van der Waals surface area (Å²) >= 11 is 5.99. The van der Waals surface area contributed by atoms with E-state index in [0.29, 0.717) is 17.9 Å². The Balaban J connectivity index is 1.82. The molecule has 0 aromatic carbocycles. The van der Waals surface area contributed by atoms with Gasteiger partial charge in [0.05, 0.1) is 16.5 Å². The van der Waals surface area contributed by atoms with Crippen molar-refractivity contribution in [1.82, 2.24) is 10.0 Å². The monoisotopic (exact) mass is 327 g/mol. The Morgan fingerprint density at radius 2 is 2.09 bits per heavy atom. The van der Waals surface area contributed by atoms with E-state index in [0.717, 1.165) is 18.4 Å². The predicted molar refractivity (Wildman–Crippen MR) is 76.4 cm³/mol. The lowest BCUT2D eigenvalue weighted by molar-refractivity contribution is -0.228. The predicted octanol–water partition coefficient (Wildman–Crippen LogP) is 3.32. The molecule has 1 aromatic rings. The van der Waals surface area contributed by atoms with Gasteiger partial charge in [0, 0.05) is 24.5 Å². The highest BCUT2D eigenvalue weighted by Crippen LogP contribution is 2.47. The molecule has 2 aliphatic rings. The lowest BCUT2D eigenvalue weighted by atomic mass is 9.72. The first-order chi connectivity index (χ1) is 10.5. The maximum atomic E-state index is 12.4. The van der Waals surface area contributed by atoms with Gasteiger partial charge in [0.2, 0.25) is 0 Å². The number of fused-ring (bicyclic) bond motifs is 2. The highest BCUT2D eigenvalue weighted by molar-refractivity contribution is 6.30. The third kappa shape index (κ3) is 2.81. The van der Waals surface area contributed by atoms with Crippen molar-refractivity contribution in [3.05, 3.63) is 29.0 Å². The van der Waals surface area contributed by atoms with E-state index in [4.69, 9.17) is 16.4 Å². The Bertz CT molecular complexity index is 578. The molecule has 2 aliphatic heterocycles. The number of hydroxylamine groups is 2. The second-order valence-electron chi connectivity index (χ2n) is 5.93. The van der Waals surface area contributed by atoms with Crippen LogP contribution in [-0.4, -0.2) is 35.2 Å². The van der Waals surface area contributed by atoms with Gasteiger partial charge in [-0.15, -0.1) is 0 Å². The average molecular weight is 328 g/mol. The number of hydrogen-bond donors (Lipinski definition) is 0.